The van der Waals surface area contributed by atoms with Gasteiger partial charge < -0.3 is 20.2 Å². The van der Waals surface area contributed by atoms with Gasteiger partial charge in [0.15, 0.2) is 0 Å². The molecule has 2 aliphatic heterocycles. The molecule has 25 heavy (non-hydrogen) atoms. The summed E-state index contributed by atoms with van der Waals surface area (Å²) in [5, 5.41) is 12.4. The molecule has 1 aromatic carbocycles. The van der Waals surface area contributed by atoms with Crippen LogP contribution in [0.25, 0.3) is 0 Å². The molecule has 8 heteroatoms. The minimum Gasteiger partial charge on any atom is -0.508 e. The van der Waals surface area contributed by atoms with E-state index >= 15 is 0 Å². The fourth-order valence-electron chi connectivity index (χ4n) is 3.22. The molecule has 6 nitrogen and oxygen atoms in total. The van der Waals surface area contributed by atoms with E-state index in [1.54, 1.807) is 12.1 Å². The number of piperazine rings is 1. The van der Waals surface area contributed by atoms with Crippen molar-refractivity contribution in [1.29, 1.82) is 0 Å². The van der Waals surface area contributed by atoms with Crippen LogP contribution in [0.4, 0.5) is 0 Å². The first kappa shape index (κ1) is 19.9. The second-order valence-corrected chi connectivity index (χ2v) is 7.23. The number of halogens is 1. The standard InChI is InChI=1S/C17H23N3O3S.ClH/c21-14-3-5-15(6-4-14)24-12-17(23)19-8-1-2-13(11-19)20-9-7-18-10-16(20)22;/h3-6,13,18,21H,1-2,7-12H2;1H. The second-order valence-electron chi connectivity index (χ2n) is 6.18. The molecule has 0 spiro atoms. The molecule has 138 valence electrons. The van der Waals surface area contributed by atoms with Gasteiger partial charge in [0.05, 0.1) is 12.3 Å². The topological polar surface area (TPSA) is 72.9 Å². The molecule has 1 atom stereocenters. The minimum atomic E-state index is 0. The number of thioether (sulfide) groups is 1. The van der Waals surface area contributed by atoms with E-state index in [1.807, 2.05) is 21.9 Å². The zero-order valence-corrected chi connectivity index (χ0v) is 15.7. The van der Waals surface area contributed by atoms with Gasteiger partial charge in [0.25, 0.3) is 0 Å². The maximum absolute atomic E-state index is 12.5. The number of nitrogens with zero attached hydrogens (tertiary/aromatic N) is 2. The van der Waals surface area contributed by atoms with Gasteiger partial charge in [0.1, 0.15) is 5.75 Å². The summed E-state index contributed by atoms with van der Waals surface area (Å²) in [5.41, 5.74) is 0. The fourth-order valence-corrected chi connectivity index (χ4v) is 4.02. The molecule has 0 saturated carbocycles. The quantitative estimate of drug-likeness (QED) is 0.765. The van der Waals surface area contributed by atoms with Crippen molar-refractivity contribution in [3.63, 3.8) is 0 Å². The number of piperidine rings is 1. The van der Waals surface area contributed by atoms with Crippen LogP contribution in [-0.4, -0.2) is 71.2 Å². The van der Waals surface area contributed by atoms with Crippen molar-refractivity contribution in [1.82, 2.24) is 15.1 Å². The Morgan fingerprint density at radius 3 is 2.76 bits per heavy atom. The van der Waals surface area contributed by atoms with Gasteiger partial charge in [-0.3, -0.25) is 9.59 Å². The van der Waals surface area contributed by atoms with Gasteiger partial charge in [-0.05, 0) is 37.1 Å². The first-order valence-corrected chi connectivity index (χ1v) is 9.32. The van der Waals surface area contributed by atoms with Crippen LogP contribution in [0.5, 0.6) is 5.75 Å². The maximum atomic E-state index is 12.5. The molecule has 0 bridgehead atoms. The smallest absolute Gasteiger partial charge is 0.236 e. The molecule has 2 heterocycles. The SMILES string of the molecule is Cl.O=C(CSc1ccc(O)cc1)N1CCCC(N2CCNCC2=O)C1. The van der Waals surface area contributed by atoms with Crippen molar-refractivity contribution in [2.45, 2.75) is 23.8 Å². The lowest BCUT2D eigenvalue weighted by Crippen LogP contribution is -2.57. The van der Waals surface area contributed by atoms with Crippen LogP contribution in [0.15, 0.2) is 29.2 Å². The Kier molecular flexibility index (Phi) is 7.40. The number of aromatic hydroxyl groups is 1. The molecule has 2 amide bonds. The molecule has 2 saturated heterocycles. The van der Waals surface area contributed by atoms with Gasteiger partial charge >= 0.3 is 0 Å². The summed E-state index contributed by atoms with van der Waals surface area (Å²) in [6.07, 6.45) is 1.91. The van der Waals surface area contributed by atoms with Crippen molar-refractivity contribution >= 4 is 36.0 Å². The van der Waals surface area contributed by atoms with Crippen molar-refractivity contribution in [3.8, 4) is 5.75 Å². The number of likely N-dealkylation sites (tertiary alicyclic amines) is 1. The Hall–Kier alpha value is -1.44. The molecule has 2 fully saturated rings. The molecule has 0 radical (unpaired) electrons. The second kappa shape index (κ2) is 9.31. The number of carbonyl (C=O) groups excluding carboxylic acids is 2. The van der Waals surface area contributed by atoms with E-state index in [1.165, 1.54) is 11.8 Å². The van der Waals surface area contributed by atoms with Gasteiger partial charge in [0.2, 0.25) is 11.8 Å². The highest BCUT2D eigenvalue weighted by molar-refractivity contribution is 8.00. The van der Waals surface area contributed by atoms with E-state index in [0.717, 1.165) is 37.4 Å². The number of hydrogen-bond donors (Lipinski definition) is 2. The molecular formula is C17H24ClN3O3S. The summed E-state index contributed by atoms with van der Waals surface area (Å²) in [7, 11) is 0. The zero-order chi connectivity index (χ0) is 16.9. The molecule has 1 unspecified atom stereocenters. The summed E-state index contributed by atoms with van der Waals surface area (Å²) in [6, 6.07) is 7.02. The van der Waals surface area contributed by atoms with E-state index in [-0.39, 0.29) is 36.0 Å². The first-order chi connectivity index (χ1) is 11.6. The normalized spacial score (nSPS) is 21.0. The lowest BCUT2D eigenvalue weighted by Gasteiger charge is -2.41. The van der Waals surface area contributed by atoms with Crippen molar-refractivity contribution in [2.75, 3.05) is 38.5 Å². The maximum Gasteiger partial charge on any atom is 0.236 e. The Morgan fingerprint density at radius 1 is 1.28 bits per heavy atom. The predicted octanol–water partition coefficient (Wildman–Crippen LogP) is 1.33. The number of carbonyl (C=O) groups is 2. The lowest BCUT2D eigenvalue weighted by molar-refractivity contribution is -0.139. The summed E-state index contributed by atoms with van der Waals surface area (Å²) in [5.74, 6) is 0.858. The largest absolute Gasteiger partial charge is 0.508 e. The van der Waals surface area contributed by atoms with E-state index in [0.29, 0.717) is 18.8 Å². The van der Waals surface area contributed by atoms with Crippen LogP contribution >= 0.6 is 24.2 Å². The van der Waals surface area contributed by atoms with Crippen LogP contribution in [0.3, 0.4) is 0 Å². The molecule has 3 rings (SSSR count). The monoisotopic (exact) mass is 385 g/mol. The minimum absolute atomic E-state index is 0. The Bertz CT molecular complexity index is 599. The van der Waals surface area contributed by atoms with Gasteiger partial charge in [0, 0.05) is 37.1 Å². The third-order valence-corrected chi connectivity index (χ3v) is 5.51. The van der Waals surface area contributed by atoms with E-state index in [2.05, 4.69) is 5.32 Å². The molecule has 1 aromatic rings. The third-order valence-electron chi connectivity index (χ3n) is 4.52. The summed E-state index contributed by atoms with van der Waals surface area (Å²) in [6.45, 7) is 3.37. The highest BCUT2D eigenvalue weighted by atomic mass is 35.5. The average Bonchev–Trinajstić information content (AvgIpc) is 2.61. The van der Waals surface area contributed by atoms with Crippen LogP contribution in [0.2, 0.25) is 0 Å². The van der Waals surface area contributed by atoms with Crippen LogP contribution in [-0.2, 0) is 9.59 Å². The molecular weight excluding hydrogens is 362 g/mol. The Morgan fingerprint density at radius 2 is 2.04 bits per heavy atom. The highest BCUT2D eigenvalue weighted by Crippen LogP contribution is 2.23. The van der Waals surface area contributed by atoms with E-state index < -0.39 is 0 Å². The average molecular weight is 386 g/mol. The van der Waals surface area contributed by atoms with E-state index in [9.17, 15) is 14.7 Å². The number of rotatable bonds is 4. The van der Waals surface area contributed by atoms with Gasteiger partial charge in [-0.1, -0.05) is 0 Å². The number of amides is 2. The molecule has 2 aliphatic rings. The van der Waals surface area contributed by atoms with Gasteiger partial charge in [-0.2, -0.15) is 0 Å². The molecule has 0 aliphatic carbocycles. The summed E-state index contributed by atoms with van der Waals surface area (Å²) < 4.78 is 0. The fraction of sp³-hybridized carbons (Fsp3) is 0.529. The summed E-state index contributed by atoms with van der Waals surface area (Å²) >= 11 is 1.48. The Balaban J connectivity index is 0.00000225. The Labute approximate surface area is 158 Å². The number of hydrogen-bond acceptors (Lipinski definition) is 5. The lowest BCUT2D eigenvalue weighted by atomic mass is 10.0. The molecule has 2 N–H and O–H groups in total. The van der Waals surface area contributed by atoms with Crippen LogP contribution in [0, 0.1) is 0 Å². The van der Waals surface area contributed by atoms with Gasteiger partial charge in [-0.15, -0.1) is 24.2 Å². The first-order valence-electron chi connectivity index (χ1n) is 8.33. The predicted molar refractivity (Wildman–Crippen MR) is 100 cm³/mol. The highest BCUT2D eigenvalue weighted by Gasteiger charge is 2.31. The van der Waals surface area contributed by atoms with Gasteiger partial charge in [-0.25, -0.2) is 0 Å². The molecule has 0 aromatic heterocycles. The van der Waals surface area contributed by atoms with Crippen molar-refractivity contribution in [3.05, 3.63) is 24.3 Å². The van der Waals surface area contributed by atoms with Crippen LogP contribution in [0.1, 0.15) is 12.8 Å². The third kappa shape index (κ3) is 5.26. The van der Waals surface area contributed by atoms with E-state index in [4.69, 9.17) is 0 Å². The van der Waals surface area contributed by atoms with Crippen molar-refractivity contribution in [2.24, 2.45) is 0 Å². The number of benzene rings is 1. The van der Waals surface area contributed by atoms with Crippen LogP contribution < -0.4 is 5.32 Å². The van der Waals surface area contributed by atoms with Crippen molar-refractivity contribution < 1.29 is 14.7 Å². The number of phenolic OH excluding ortho intramolecular Hbond substituents is 1. The number of nitrogens with one attached hydrogen (secondary N) is 1. The summed E-state index contributed by atoms with van der Waals surface area (Å²) in [4.78, 5) is 29.3. The number of phenols is 1. The zero-order valence-electron chi connectivity index (χ0n) is 14.0.